The largest absolute Gasteiger partial charge is 0.303 e. The Morgan fingerprint density at radius 1 is 1.42 bits per heavy atom. The van der Waals surface area contributed by atoms with Crippen molar-refractivity contribution in [1.29, 1.82) is 0 Å². The Bertz CT molecular complexity index is 615. The molecule has 1 aliphatic rings. The van der Waals surface area contributed by atoms with Gasteiger partial charge in [0.25, 0.3) is 5.56 Å². The lowest BCUT2D eigenvalue weighted by Crippen LogP contribution is -2.38. The SMILES string of the molecule is CN1CCCC[C@@H]1CCn1ncn2cccc2c1=O. The molecule has 1 saturated heterocycles. The summed E-state index contributed by atoms with van der Waals surface area (Å²) in [7, 11) is 2.18. The van der Waals surface area contributed by atoms with Crippen LogP contribution in [0.5, 0.6) is 0 Å². The van der Waals surface area contributed by atoms with Crippen LogP contribution in [0.4, 0.5) is 0 Å². The van der Waals surface area contributed by atoms with Crippen LogP contribution in [-0.4, -0.2) is 38.7 Å². The molecule has 5 heteroatoms. The third kappa shape index (κ3) is 2.42. The number of hydrogen-bond donors (Lipinski definition) is 0. The van der Waals surface area contributed by atoms with E-state index in [1.165, 1.54) is 25.8 Å². The van der Waals surface area contributed by atoms with Crippen LogP contribution in [0.3, 0.4) is 0 Å². The number of likely N-dealkylation sites (tertiary alicyclic amines) is 1. The quantitative estimate of drug-likeness (QED) is 0.837. The molecule has 102 valence electrons. The first-order chi connectivity index (χ1) is 9.25. The lowest BCUT2D eigenvalue weighted by Gasteiger charge is -2.32. The Hall–Kier alpha value is -1.62. The minimum absolute atomic E-state index is 0.00552. The number of piperidine rings is 1. The summed E-state index contributed by atoms with van der Waals surface area (Å²) in [5.41, 5.74) is 0.706. The molecule has 0 amide bonds. The van der Waals surface area contributed by atoms with Gasteiger partial charge in [0.1, 0.15) is 11.8 Å². The number of fused-ring (bicyclic) bond motifs is 1. The van der Waals surface area contributed by atoms with Gasteiger partial charge in [-0.1, -0.05) is 6.42 Å². The topological polar surface area (TPSA) is 42.5 Å². The van der Waals surface area contributed by atoms with E-state index in [0.29, 0.717) is 18.1 Å². The Balaban J connectivity index is 1.74. The van der Waals surface area contributed by atoms with Gasteiger partial charge in [-0.25, -0.2) is 4.68 Å². The van der Waals surface area contributed by atoms with E-state index >= 15 is 0 Å². The molecule has 2 aromatic rings. The highest BCUT2D eigenvalue weighted by Crippen LogP contribution is 2.17. The third-order valence-electron chi connectivity index (χ3n) is 4.14. The lowest BCUT2D eigenvalue weighted by molar-refractivity contribution is 0.169. The smallest absolute Gasteiger partial charge is 0.290 e. The Morgan fingerprint density at radius 2 is 2.32 bits per heavy atom. The molecule has 0 bridgehead atoms. The van der Waals surface area contributed by atoms with Gasteiger partial charge in [-0.3, -0.25) is 4.79 Å². The second-order valence-electron chi connectivity index (χ2n) is 5.38. The van der Waals surface area contributed by atoms with Crippen molar-refractivity contribution in [3.8, 4) is 0 Å². The minimum atomic E-state index is 0.00552. The summed E-state index contributed by atoms with van der Waals surface area (Å²) in [4.78, 5) is 14.6. The van der Waals surface area contributed by atoms with Crippen LogP contribution in [0.2, 0.25) is 0 Å². The monoisotopic (exact) mass is 260 g/mol. The molecule has 19 heavy (non-hydrogen) atoms. The molecular weight excluding hydrogens is 240 g/mol. The standard InChI is InChI=1S/C14H20N4O/c1-16-8-3-2-5-12(16)7-10-18-14(19)13-6-4-9-17(13)11-15-18/h4,6,9,11-12H,2-3,5,7-8,10H2,1H3/t12-/m1/s1. The van der Waals surface area contributed by atoms with Crippen LogP contribution in [0.25, 0.3) is 5.52 Å². The Kier molecular flexibility index (Phi) is 3.38. The van der Waals surface area contributed by atoms with Gasteiger partial charge in [0.15, 0.2) is 0 Å². The maximum atomic E-state index is 12.2. The molecule has 0 aliphatic carbocycles. The first-order valence-corrected chi connectivity index (χ1v) is 6.99. The zero-order valence-electron chi connectivity index (χ0n) is 11.3. The molecular formula is C14H20N4O. The molecule has 3 rings (SSSR count). The number of rotatable bonds is 3. The van der Waals surface area contributed by atoms with Gasteiger partial charge in [-0.05, 0) is 45.0 Å². The predicted octanol–water partition coefficient (Wildman–Crippen LogP) is 1.37. The van der Waals surface area contributed by atoms with E-state index in [-0.39, 0.29) is 5.56 Å². The fraction of sp³-hybridized carbons (Fsp3) is 0.571. The summed E-state index contributed by atoms with van der Waals surface area (Å²) < 4.78 is 3.36. The van der Waals surface area contributed by atoms with Crippen molar-refractivity contribution in [1.82, 2.24) is 19.1 Å². The van der Waals surface area contributed by atoms with Gasteiger partial charge in [-0.15, -0.1) is 0 Å². The van der Waals surface area contributed by atoms with E-state index in [1.807, 2.05) is 18.3 Å². The highest BCUT2D eigenvalue weighted by molar-refractivity contribution is 5.43. The molecule has 1 atom stereocenters. The Morgan fingerprint density at radius 3 is 3.16 bits per heavy atom. The fourth-order valence-electron chi connectivity index (χ4n) is 2.92. The first-order valence-electron chi connectivity index (χ1n) is 6.99. The molecule has 1 fully saturated rings. The number of aryl methyl sites for hydroxylation is 1. The zero-order valence-corrected chi connectivity index (χ0v) is 11.3. The summed E-state index contributed by atoms with van der Waals surface area (Å²) in [6, 6.07) is 4.30. The molecule has 0 N–H and O–H groups in total. The third-order valence-corrected chi connectivity index (χ3v) is 4.14. The van der Waals surface area contributed by atoms with Gasteiger partial charge in [0.05, 0.1) is 0 Å². The second-order valence-corrected chi connectivity index (χ2v) is 5.38. The summed E-state index contributed by atoms with van der Waals surface area (Å²) in [6.07, 6.45) is 8.39. The van der Waals surface area contributed by atoms with Crippen LogP contribution < -0.4 is 5.56 Å². The number of aromatic nitrogens is 3. The van der Waals surface area contributed by atoms with Gasteiger partial charge in [0, 0.05) is 18.8 Å². The van der Waals surface area contributed by atoms with Crippen LogP contribution >= 0.6 is 0 Å². The van der Waals surface area contributed by atoms with Gasteiger partial charge >= 0.3 is 0 Å². The van der Waals surface area contributed by atoms with Crippen molar-refractivity contribution in [3.05, 3.63) is 35.0 Å². The predicted molar refractivity (Wildman–Crippen MR) is 74.3 cm³/mol. The average Bonchev–Trinajstić information content (AvgIpc) is 2.89. The minimum Gasteiger partial charge on any atom is -0.303 e. The molecule has 0 spiro atoms. The summed E-state index contributed by atoms with van der Waals surface area (Å²) >= 11 is 0. The van der Waals surface area contributed by atoms with E-state index in [0.717, 1.165) is 6.42 Å². The van der Waals surface area contributed by atoms with Crippen LogP contribution in [0, 0.1) is 0 Å². The van der Waals surface area contributed by atoms with E-state index < -0.39 is 0 Å². The van der Waals surface area contributed by atoms with Crippen molar-refractivity contribution >= 4 is 5.52 Å². The maximum absolute atomic E-state index is 12.2. The molecule has 3 heterocycles. The maximum Gasteiger partial charge on any atom is 0.290 e. The fourth-order valence-corrected chi connectivity index (χ4v) is 2.92. The van der Waals surface area contributed by atoms with E-state index in [4.69, 9.17) is 0 Å². The van der Waals surface area contributed by atoms with Crippen molar-refractivity contribution in [2.24, 2.45) is 0 Å². The van der Waals surface area contributed by atoms with Crippen LogP contribution in [0.1, 0.15) is 25.7 Å². The van der Waals surface area contributed by atoms with Crippen molar-refractivity contribution in [3.63, 3.8) is 0 Å². The highest BCUT2D eigenvalue weighted by Gasteiger charge is 2.18. The zero-order chi connectivity index (χ0) is 13.2. The highest BCUT2D eigenvalue weighted by atomic mass is 16.1. The molecule has 1 aliphatic heterocycles. The van der Waals surface area contributed by atoms with E-state index in [9.17, 15) is 4.79 Å². The van der Waals surface area contributed by atoms with Gasteiger partial charge in [-0.2, -0.15) is 5.10 Å². The summed E-state index contributed by atoms with van der Waals surface area (Å²) in [5, 5.41) is 4.24. The van der Waals surface area contributed by atoms with Crippen LogP contribution in [-0.2, 0) is 6.54 Å². The molecule has 5 nitrogen and oxygen atoms in total. The van der Waals surface area contributed by atoms with Gasteiger partial charge in [0.2, 0.25) is 0 Å². The first kappa shape index (κ1) is 12.4. The average molecular weight is 260 g/mol. The van der Waals surface area contributed by atoms with Gasteiger partial charge < -0.3 is 9.30 Å². The van der Waals surface area contributed by atoms with Crippen LogP contribution in [0.15, 0.2) is 29.5 Å². The Labute approximate surface area is 112 Å². The second kappa shape index (κ2) is 5.17. The van der Waals surface area contributed by atoms with Crippen molar-refractivity contribution in [2.75, 3.05) is 13.6 Å². The van der Waals surface area contributed by atoms with Crippen molar-refractivity contribution < 1.29 is 0 Å². The van der Waals surface area contributed by atoms with E-state index in [1.54, 1.807) is 15.4 Å². The summed E-state index contributed by atoms with van der Waals surface area (Å²) in [6.45, 7) is 1.88. The molecule has 0 aromatic carbocycles. The molecule has 0 unspecified atom stereocenters. The lowest BCUT2D eigenvalue weighted by atomic mass is 10.0. The number of nitrogens with zero attached hydrogens (tertiary/aromatic N) is 4. The van der Waals surface area contributed by atoms with Crippen molar-refractivity contribution in [2.45, 2.75) is 38.3 Å². The number of hydrogen-bond acceptors (Lipinski definition) is 3. The molecule has 0 saturated carbocycles. The summed E-state index contributed by atoms with van der Waals surface area (Å²) in [5.74, 6) is 0. The normalized spacial score (nSPS) is 21.0. The van der Waals surface area contributed by atoms with E-state index in [2.05, 4.69) is 17.0 Å². The molecule has 0 radical (unpaired) electrons. The molecule has 2 aromatic heterocycles.